The third kappa shape index (κ3) is 3.62. The number of ether oxygens (including phenoxy) is 1. The predicted molar refractivity (Wildman–Crippen MR) is 92.8 cm³/mol. The fourth-order valence-corrected chi connectivity index (χ4v) is 3.40. The van der Waals surface area contributed by atoms with Gasteiger partial charge in [-0.05, 0) is 53.9 Å². The first kappa shape index (κ1) is 17.0. The number of halogens is 1. The van der Waals surface area contributed by atoms with E-state index in [9.17, 15) is 4.79 Å². The van der Waals surface area contributed by atoms with E-state index in [1.807, 2.05) is 17.9 Å². The average Bonchev–Trinajstić information content (AvgIpc) is 3.21. The van der Waals surface area contributed by atoms with Crippen molar-refractivity contribution in [1.29, 1.82) is 0 Å². The van der Waals surface area contributed by atoms with Crippen LogP contribution in [0.15, 0.2) is 33.3 Å². The standard InChI is InChI=1S/C17H20BrN3O3/c1-11-7-13(20-24-11)10-23-16-5-4-12(8-15(16)18)17(22)21-6-2-3-14(21)9-19/h4-5,7-8,14H,2-3,6,9-10,19H2,1H3. The summed E-state index contributed by atoms with van der Waals surface area (Å²) in [5.41, 5.74) is 7.11. The summed E-state index contributed by atoms with van der Waals surface area (Å²) in [4.78, 5) is 14.5. The van der Waals surface area contributed by atoms with Crippen LogP contribution >= 0.6 is 15.9 Å². The van der Waals surface area contributed by atoms with Crippen molar-refractivity contribution in [2.75, 3.05) is 13.1 Å². The molecule has 2 heterocycles. The number of aromatic nitrogens is 1. The van der Waals surface area contributed by atoms with Gasteiger partial charge in [0.15, 0.2) is 0 Å². The molecule has 1 aliphatic rings. The Morgan fingerprint density at radius 2 is 2.33 bits per heavy atom. The van der Waals surface area contributed by atoms with Crippen LogP contribution in [0.4, 0.5) is 0 Å². The Kier molecular flexibility index (Phi) is 5.20. The zero-order chi connectivity index (χ0) is 17.1. The molecule has 1 fully saturated rings. The smallest absolute Gasteiger partial charge is 0.254 e. The van der Waals surface area contributed by atoms with Crippen LogP contribution in [0.25, 0.3) is 0 Å². The van der Waals surface area contributed by atoms with Gasteiger partial charge in [0.1, 0.15) is 23.8 Å². The summed E-state index contributed by atoms with van der Waals surface area (Å²) in [7, 11) is 0. The lowest BCUT2D eigenvalue weighted by Crippen LogP contribution is -2.39. The molecule has 1 saturated heterocycles. The first-order valence-corrected chi connectivity index (χ1v) is 8.73. The second-order valence-corrected chi connectivity index (χ2v) is 6.75. The first-order valence-electron chi connectivity index (χ1n) is 7.94. The Morgan fingerprint density at radius 1 is 1.50 bits per heavy atom. The van der Waals surface area contributed by atoms with Crippen LogP contribution < -0.4 is 10.5 Å². The number of aryl methyl sites for hydroxylation is 1. The maximum absolute atomic E-state index is 12.6. The molecule has 1 aromatic carbocycles. The van der Waals surface area contributed by atoms with E-state index in [2.05, 4.69) is 21.1 Å². The molecular formula is C17H20BrN3O3. The molecular weight excluding hydrogens is 374 g/mol. The number of carbonyl (C=O) groups is 1. The van der Waals surface area contributed by atoms with E-state index >= 15 is 0 Å². The van der Waals surface area contributed by atoms with Gasteiger partial charge < -0.3 is 19.9 Å². The van der Waals surface area contributed by atoms with Crippen molar-refractivity contribution in [3.05, 3.63) is 45.8 Å². The summed E-state index contributed by atoms with van der Waals surface area (Å²) >= 11 is 3.47. The highest BCUT2D eigenvalue weighted by molar-refractivity contribution is 9.10. The molecule has 128 valence electrons. The first-order chi connectivity index (χ1) is 11.6. The van der Waals surface area contributed by atoms with Crippen molar-refractivity contribution in [1.82, 2.24) is 10.1 Å². The van der Waals surface area contributed by atoms with E-state index in [-0.39, 0.29) is 11.9 Å². The number of hydrogen-bond acceptors (Lipinski definition) is 5. The molecule has 3 rings (SSSR count). The molecule has 7 heteroatoms. The van der Waals surface area contributed by atoms with E-state index in [0.717, 1.165) is 35.3 Å². The van der Waals surface area contributed by atoms with Gasteiger partial charge in [0.05, 0.1) is 4.47 Å². The number of rotatable bonds is 5. The Bertz CT molecular complexity index is 732. The van der Waals surface area contributed by atoms with Gasteiger partial charge in [-0.3, -0.25) is 4.79 Å². The molecule has 0 aliphatic carbocycles. The molecule has 1 amide bonds. The van der Waals surface area contributed by atoms with Gasteiger partial charge in [0.25, 0.3) is 5.91 Å². The van der Waals surface area contributed by atoms with Crippen LogP contribution in [-0.4, -0.2) is 35.1 Å². The lowest BCUT2D eigenvalue weighted by atomic mass is 10.1. The molecule has 0 spiro atoms. The van der Waals surface area contributed by atoms with Crippen molar-refractivity contribution < 1.29 is 14.1 Å². The van der Waals surface area contributed by atoms with Gasteiger partial charge in [0, 0.05) is 30.8 Å². The highest BCUT2D eigenvalue weighted by Gasteiger charge is 2.28. The second kappa shape index (κ2) is 7.36. The largest absolute Gasteiger partial charge is 0.486 e. The fraction of sp³-hybridized carbons (Fsp3) is 0.412. The quantitative estimate of drug-likeness (QED) is 0.844. The van der Waals surface area contributed by atoms with Crippen molar-refractivity contribution >= 4 is 21.8 Å². The summed E-state index contributed by atoms with van der Waals surface area (Å²) < 4.78 is 11.5. The Hall–Kier alpha value is -1.86. The number of hydrogen-bond donors (Lipinski definition) is 1. The molecule has 2 N–H and O–H groups in total. The molecule has 1 atom stereocenters. The second-order valence-electron chi connectivity index (χ2n) is 5.89. The van der Waals surface area contributed by atoms with Crippen LogP contribution in [-0.2, 0) is 6.61 Å². The summed E-state index contributed by atoms with van der Waals surface area (Å²) in [5, 5.41) is 3.89. The number of amides is 1. The number of carbonyl (C=O) groups excluding carboxylic acids is 1. The van der Waals surface area contributed by atoms with E-state index in [0.29, 0.717) is 24.5 Å². The molecule has 6 nitrogen and oxygen atoms in total. The van der Waals surface area contributed by atoms with Gasteiger partial charge in [-0.15, -0.1) is 0 Å². The van der Waals surface area contributed by atoms with E-state index < -0.39 is 0 Å². The summed E-state index contributed by atoms with van der Waals surface area (Å²) in [6, 6.07) is 7.33. The van der Waals surface area contributed by atoms with Gasteiger partial charge in [-0.25, -0.2) is 0 Å². The van der Waals surface area contributed by atoms with E-state index in [1.165, 1.54) is 0 Å². The summed E-state index contributed by atoms with van der Waals surface area (Å²) in [6.07, 6.45) is 1.98. The average molecular weight is 394 g/mol. The number of nitrogens with two attached hydrogens (primary N) is 1. The highest BCUT2D eigenvalue weighted by Crippen LogP contribution is 2.28. The zero-order valence-electron chi connectivity index (χ0n) is 13.5. The minimum atomic E-state index is 0.0160. The number of likely N-dealkylation sites (tertiary alicyclic amines) is 1. The molecule has 0 radical (unpaired) electrons. The monoisotopic (exact) mass is 393 g/mol. The van der Waals surface area contributed by atoms with Gasteiger partial charge in [-0.2, -0.15) is 0 Å². The third-order valence-electron chi connectivity index (χ3n) is 4.14. The lowest BCUT2D eigenvalue weighted by molar-refractivity contribution is 0.0741. The molecule has 2 aromatic rings. The normalized spacial score (nSPS) is 17.3. The van der Waals surface area contributed by atoms with Crippen LogP contribution in [0, 0.1) is 6.92 Å². The SMILES string of the molecule is Cc1cc(COc2ccc(C(=O)N3CCCC3CN)cc2Br)no1. The van der Waals surface area contributed by atoms with Crippen molar-refractivity contribution in [3.63, 3.8) is 0 Å². The number of benzene rings is 1. The minimum absolute atomic E-state index is 0.0160. The summed E-state index contributed by atoms with van der Waals surface area (Å²) in [6.45, 7) is 3.41. The maximum Gasteiger partial charge on any atom is 0.254 e. The molecule has 1 aliphatic heterocycles. The lowest BCUT2D eigenvalue weighted by Gasteiger charge is -2.23. The van der Waals surface area contributed by atoms with Crippen LogP contribution in [0.5, 0.6) is 5.75 Å². The van der Waals surface area contributed by atoms with Crippen molar-refractivity contribution in [2.45, 2.75) is 32.4 Å². The Balaban J connectivity index is 1.68. The highest BCUT2D eigenvalue weighted by atomic mass is 79.9. The third-order valence-corrected chi connectivity index (χ3v) is 4.76. The fourth-order valence-electron chi connectivity index (χ4n) is 2.90. The van der Waals surface area contributed by atoms with Crippen molar-refractivity contribution in [2.24, 2.45) is 5.73 Å². The zero-order valence-corrected chi connectivity index (χ0v) is 15.1. The number of nitrogens with zero attached hydrogens (tertiary/aromatic N) is 2. The van der Waals surface area contributed by atoms with Crippen molar-refractivity contribution in [3.8, 4) is 5.75 Å². The van der Waals surface area contributed by atoms with E-state index in [4.69, 9.17) is 15.0 Å². The Morgan fingerprint density at radius 3 is 3.00 bits per heavy atom. The summed E-state index contributed by atoms with van der Waals surface area (Å²) in [5.74, 6) is 1.42. The van der Waals surface area contributed by atoms with Crippen LogP contribution in [0.2, 0.25) is 0 Å². The minimum Gasteiger partial charge on any atom is -0.486 e. The van der Waals surface area contributed by atoms with Gasteiger partial charge in [-0.1, -0.05) is 5.16 Å². The molecule has 24 heavy (non-hydrogen) atoms. The van der Waals surface area contributed by atoms with Gasteiger partial charge >= 0.3 is 0 Å². The maximum atomic E-state index is 12.6. The Labute approximate surface area is 149 Å². The molecule has 1 aromatic heterocycles. The topological polar surface area (TPSA) is 81.6 Å². The predicted octanol–water partition coefficient (Wildman–Crippen LogP) is 2.89. The molecule has 0 bridgehead atoms. The van der Waals surface area contributed by atoms with Gasteiger partial charge in [0.2, 0.25) is 0 Å². The van der Waals surface area contributed by atoms with E-state index in [1.54, 1.807) is 18.2 Å². The van der Waals surface area contributed by atoms with Crippen LogP contribution in [0.1, 0.15) is 34.7 Å². The molecule has 1 unspecified atom stereocenters. The molecule has 0 saturated carbocycles. The van der Waals surface area contributed by atoms with Crippen LogP contribution in [0.3, 0.4) is 0 Å².